The van der Waals surface area contributed by atoms with Crippen LogP contribution in [-0.4, -0.2) is 40.1 Å². The van der Waals surface area contributed by atoms with Crippen molar-refractivity contribution in [1.82, 2.24) is 9.80 Å². The molecule has 0 unspecified atom stereocenters. The van der Waals surface area contributed by atoms with E-state index >= 15 is 0 Å². The molecule has 0 radical (unpaired) electrons. The van der Waals surface area contributed by atoms with Crippen molar-refractivity contribution in [2.45, 2.75) is 64.0 Å². The Balaban J connectivity index is 1.45. The molecule has 5 nitrogen and oxygen atoms in total. The van der Waals surface area contributed by atoms with E-state index in [0.717, 1.165) is 24.9 Å². The van der Waals surface area contributed by atoms with Gasteiger partial charge in [0.15, 0.2) is 0 Å². The molecule has 3 amide bonds. The number of piperidine rings is 1. The van der Waals surface area contributed by atoms with Gasteiger partial charge in [0.2, 0.25) is 11.8 Å². The van der Waals surface area contributed by atoms with Crippen molar-refractivity contribution in [3.63, 3.8) is 0 Å². The van der Waals surface area contributed by atoms with Crippen molar-refractivity contribution in [2.75, 3.05) is 6.54 Å². The van der Waals surface area contributed by atoms with Gasteiger partial charge in [-0.25, -0.2) is 0 Å². The van der Waals surface area contributed by atoms with Crippen molar-refractivity contribution in [3.8, 4) is 0 Å². The lowest BCUT2D eigenvalue weighted by molar-refractivity contribution is -0.139. The second-order valence-electron chi connectivity index (χ2n) is 7.82. The third kappa shape index (κ3) is 3.27. The van der Waals surface area contributed by atoms with E-state index in [1.165, 1.54) is 30.6 Å². The van der Waals surface area contributed by atoms with Crippen LogP contribution in [0.25, 0.3) is 0 Å². The molecule has 0 aromatic heterocycles. The van der Waals surface area contributed by atoms with Gasteiger partial charge >= 0.3 is 0 Å². The zero-order valence-electron chi connectivity index (χ0n) is 15.2. The third-order valence-electron chi connectivity index (χ3n) is 6.20. The van der Waals surface area contributed by atoms with Crippen molar-refractivity contribution < 1.29 is 14.4 Å². The largest absolute Gasteiger partial charge is 0.335 e. The van der Waals surface area contributed by atoms with Crippen molar-refractivity contribution in [1.29, 1.82) is 0 Å². The van der Waals surface area contributed by atoms with E-state index in [0.29, 0.717) is 36.9 Å². The first kappa shape index (κ1) is 17.3. The fourth-order valence-corrected chi connectivity index (χ4v) is 4.78. The number of hydrogen-bond donors (Lipinski definition) is 0. The Morgan fingerprint density at radius 1 is 0.923 bits per heavy atom. The summed E-state index contributed by atoms with van der Waals surface area (Å²) < 4.78 is 0. The number of imide groups is 1. The molecule has 138 valence electrons. The van der Waals surface area contributed by atoms with Crippen LogP contribution in [0, 0.1) is 5.92 Å². The predicted octanol–water partition coefficient (Wildman–Crippen LogP) is 3.13. The molecule has 1 saturated carbocycles. The molecule has 2 aliphatic heterocycles. The van der Waals surface area contributed by atoms with Crippen LogP contribution in [0.1, 0.15) is 67.3 Å². The zero-order valence-corrected chi connectivity index (χ0v) is 15.2. The molecule has 0 bridgehead atoms. The van der Waals surface area contributed by atoms with E-state index in [9.17, 15) is 14.4 Å². The fourth-order valence-electron chi connectivity index (χ4n) is 4.78. The van der Waals surface area contributed by atoms with Crippen LogP contribution in [0.4, 0.5) is 0 Å². The highest BCUT2D eigenvalue weighted by atomic mass is 16.2. The second-order valence-corrected chi connectivity index (χ2v) is 7.82. The van der Waals surface area contributed by atoms with Crippen LogP contribution < -0.4 is 0 Å². The molecule has 0 N–H and O–H groups in total. The van der Waals surface area contributed by atoms with Gasteiger partial charge in [0.1, 0.15) is 0 Å². The summed E-state index contributed by atoms with van der Waals surface area (Å²) in [5.41, 5.74) is 1.60. The van der Waals surface area contributed by atoms with Gasteiger partial charge < -0.3 is 4.90 Å². The number of fused-ring (bicyclic) bond motifs is 1. The number of likely N-dealkylation sites (tertiary alicyclic amines) is 2. The lowest BCUT2D eigenvalue weighted by Gasteiger charge is -2.44. The molecule has 3 fully saturated rings. The van der Waals surface area contributed by atoms with Crippen molar-refractivity contribution in [2.24, 2.45) is 5.92 Å². The highest BCUT2D eigenvalue weighted by molar-refractivity contribution is 6.01. The average molecular weight is 354 g/mol. The molecule has 0 spiro atoms. The minimum absolute atomic E-state index is 0.105. The number of rotatable bonds is 3. The highest BCUT2D eigenvalue weighted by Gasteiger charge is 2.36. The van der Waals surface area contributed by atoms with Gasteiger partial charge in [-0.15, -0.1) is 0 Å². The van der Waals surface area contributed by atoms with E-state index in [2.05, 4.69) is 4.90 Å². The number of carbonyl (C=O) groups is 3. The quantitative estimate of drug-likeness (QED) is 0.784. The number of nitrogens with zero attached hydrogens (tertiary/aromatic N) is 2. The molecule has 1 aromatic rings. The Morgan fingerprint density at radius 3 is 2.31 bits per heavy atom. The second kappa shape index (κ2) is 7.22. The smallest absolute Gasteiger partial charge is 0.254 e. The SMILES string of the molecule is O=C1CCC(=O)N1Cc1ccc(C(=O)N2CCC[C@H]3CCCC[C@@H]32)cc1. The maximum absolute atomic E-state index is 13.0. The molecule has 1 aliphatic carbocycles. The van der Waals surface area contributed by atoms with Crippen LogP contribution in [0.2, 0.25) is 0 Å². The Labute approximate surface area is 154 Å². The molecule has 2 saturated heterocycles. The van der Waals surface area contributed by atoms with E-state index in [4.69, 9.17) is 0 Å². The van der Waals surface area contributed by atoms with Crippen molar-refractivity contribution >= 4 is 17.7 Å². The summed E-state index contributed by atoms with van der Waals surface area (Å²) in [5, 5.41) is 0. The van der Waals surface area contributed by atoms with E-state index in [-0.39, 0.29) is 17.7 Å². The summed E-state index contributed by atoms with van der Waals surface area (Å²) >= 11 is 0. The van der Waals surface area contributed by atoms with Crippen LogP contribution in [0.15, 0.2) is 24.3 Å². The standard InChI is InChI=1S/C21H26N2O3/c24-19-11-12-20(25)23(19)14-15-7-9-17(10-8-15)21(26)22-13-3-5-16-4-1-2-6-18(16)22/h7-10,16,18H,1-6,11-14H2/t16-,18+/m1/s1. The van der Waals surface area contributed by atoms with Gasteiger partial charge in [-0.05, 0) is 49.3 Å². The maximum atomic E-state index is 13.0. The van der Waals surface area contributed by atoms with E-state index in [1.807, 2.05) is 24.3 Å². The number of benzene rings is 1. The molecule has 26 heavy (non-hydrogen) atoms. The third-order valence-corrected chi connectivity index (χ3v) is 6.20. The summed E-state index contributed by atoms with van der Waals surface area (Å²) in [6, 6.07) is 7.83. The van der Waals surface area contributed by atoms with Crippen LogP contribution in [-0.2, 0) is 16.1 Å². The van der Waals surface area contributed by atoms with Gasteiger partial charge in [0.05, 0.1) is 6.54 Å². The molecule has 4 rings (SSSR count). The molecular formula is C21H26N2O3. The summed E-state index contributed by atoms with van der Waals surface area (Å²) in [6.45, 7) is 1.17. The molecule has 3 aliphatic rings. The van der Waals surface area contributed by atoms with Crippen molar-refractivity contribution in [3.05, 3.63) is 35.4 Å². The normalized spacial score (nSPS) is 26.2. The summed E-state index contributed by atoms with van der Waals surface area (Å²) in [4.78, 5) is 39.9. The Kier molecular flexibility index (Phi) is 4.79. The average Bonchev–Trinajstić information content (AvgIpc) is 2.99. The summed E-state index contributed by atoms with van der Waals surface area (Å²) in [6.07, 6.45) is 7.89. The van der Waals surface area contributed by atoms with Crippen LogP contribution in [0.3, 0.4) is 0 Å². The Morgan fingerprint density at radius 2 is 1.58 bits per heavy atom. The Hall–Kier alpha value is -2.17. The van der Waals surface area contributed by atoms with Gasteiger partial charge in [-0.3, -0.25) is 19.3 Å². The summed E-state index contributed by atoms with van der Waals surface area (Å²) in [5.74, 6) is 0.591. The predicted molar refractivity (Wildman–Crippen MR) is 97.2 cm³/mol. The highest BCUT2D eigenvalue weighted by Crippen LogP contribution is 2.36. The number of amides is 3. The fraction of sp³-hybridized carbons (Fsp3) is 0.571. The lowest BCUT2D eigenvalue weighted by atomic mass is 9.78. The molecule has 2 atom stereocenters. The lowest BCUT2D eigenvalue weighted by Crippen LogP contribution is -2.49. The number of hydrogen-bond acceptors (Lipinski definition) is 3. The molecule has 1 aromatic carbocycles. The molecular weight excluding hydrogens is 328 g/mol. The van der Waals surface area contributed by atoms with Gasteiger partial charge in [-0.1, -0.05) is 25.0 Å². The minimum Gasteiger partial charge on any atom is -0.335 e. The first-order valence-corrected chi connectivity index (χ1v) is 9.86. The Bertz CT molecular complexity index is 694. The van der Waals surface area contributed by atoms with Gasteiger partial charge in [-0.2, -0.15) is 0 Å². The van der Waals surface area contributed by atoms with Crippen LogP contribution >= 0.6 is 0 Å². The minimum atomic E-state index is -0.105. The van der Waals surface area contributed by atoms with Crippen LogP contribution in [0.5, 0.6) is 0 Å². The monoisotopic (exact) mass is 354 g/mol. The van der Waals surface area contributed by atoms with Gasteiger partial charge in [0, 0.05) is 31.0 Å². The van der Waals surface area contributed by atoms with E-state index in [1.54, 1.807) is 0 Å². The maximum Gasteiger partial charge on any atom is 0.254 e. The molecule has 5 heteroatoms. The molecule has 2 heterocycles. The zero-order chi connectivity index (χ0) is 18.1. The van der Waals surface area contributed by atoms with Gasteiger partial charge in [0.25, 0.3) is 5.91 Å². The summed E-state index contributed by atoms with van der Waals surface area (Å²) in [7, 11) is 0. The first-order valence-electron chi connectivity index (χ1n) is 9.86. The van der Waals surface area contributed by atoms with E-state index < -0.39 is 0 Å². The first-order chi connectivity index (χ1) is 12.6. The number of carbonyl (C=O) groups excluding carboxylic acids is 3. The topological polar surface area (TPSA) is 57.7 Å².